The second-order valence-electron chi connectivity index (χ2n) is 7.36. The van der Waals surface area contributed by atoms with Gasteiger partial charge < -0.3 is 10.2 Å². The molecule has 0 saturated carbocycles. The molecule has 12 heteroatoms. The van der Waals surface area contributed by atoms with Gasteiger partial charge >= 0.3 is 0 Å². The summed E-state index contributed by atoms with van der Waals surface area (Å²) in [6.07, 6.45) is 1.95. The molecule has 31 heavy (non-hydrogen) atoms. The van der Waals surface area contributed by atoms with Gasteiger partial charge in [-0.05, 0) is 50.7 Å². The predicted molar refractivity (Wildman–Crippen MR) is 119 cm³/mol. The SMILES string of the molecule is Cc1cc(NC(=O)Cn2ncc(Cl)c(Cl)c2=O)ccc1S(=O)(=O)N1CCCN(C)CC1. The van der Waals surface area contributed by atoms with Crippen molar-refractivity contribution in [2.45, 2.75) is 24.8 Å². The van der Waals surface area contributed by atoms with Crippen LogP contribution in [0.3, 0.4) is 0 Å². The Morgan fingerprint density at radius 1 is 1.19 bits per heavy atom. The molecular weight excluding hydrogens is 465 g/mol. The largest absolute Gasteiger partial charge is 0.324 e. The quantitative estimate of drug-likeness (QED) is 0.689. The molecule has 0 radical (unpaired) electrons. The molecule has 3 rings (SSSR count). The molecule has 1 saturated heterocycles. The van der Waals surface area contributed by atoms with Crippen LogP contribution in [0.15, 0.2) is 34.1 Å². The number of amides is 1. The van der Waals surface area contributed by atoms with E-state index in [2.05, 4.69) is 15.3 Å². The van der Waals surface area contributed by atoms with E-state index in [1.807, 2.05) is 7.05 Å². The smallest absolute Gasteiger partial charge is 0.287 e. The summed E-state index contributed by atoms with van der Waals surface area (Å²) < 4.78 is 28.6. The number of anilines is 1. The van der Waals surface area contributed by atoms with E-state index in [1.54, 1.807) is 13.0 Å². The maximum absolute atomic E-state index is 13.1. The average molecular weight is 488 g/mol. The number of hydrogen-bond donors (Lipinski definition) is 1. The second-order valence-corrected chi connectivity index (χ2v) is 10.1. The molecule has 1 aliphatic rings. The lowest BCUT2D eigenvalue weighted by Crippen LogP contribution is -2.34. The average Bonchev–Trinajstić information content (AvgIpc) is 2.93. The molecule has 0 unspecified atom stereocenters. The molecule has 0 spiro atoms. The number of halogens is 2. The number of hydrogen-bond acceptors (Lipinski definition) is 6. The second kappa shape index (κ2) is 9.66. The van der Waals surface area contributed by atoms with E-state index in [4.69, 9.17) is 23.2 Å². The Labute approximate surface area is 190 Å². The van der Waals surface area contributed by atoms with Crippen LogP contribution in [0.1, 0.15) is 12.0 Å². The lowest BCUT2D eigenvalue weighted by atomic mass is 10.2. The zero-order chi connectivity index (χ0) is 22.8. The van der Waals surface area contributed by atoms with Crippen molar-refractivity contribution in [3.8, 4) is 0 Å². The number of rotatable bonds is 5. The van der Waals surface area contributed by atoms with E-state index in [9.17, 15) is 18.0 Å². The molecule has 1 aliphatic heterocycles. The minimum atomic E-state index is -3.64. The van der Waals surface area contributed by atoms with Crippen LogP contribution in [0.25, 0.3) is 0 Å². The van der Waals surface area contributed by atoms with Crippen molar-refractivity contribution < 1.29 is 13.2 Å². The summed E-state index contributed by atoms with van der Waals surface area (Å²) in [4.78, 5) is 26.6. The topological polar surface area (TPSA) is 105 Å². The molecule has 2 aromatic rings. The van der Waals surface area contributed by atoms with Gasteiger partial charge in [-0.2, -0.15) is 9.40 Å². The molecule has 168 valence electrons. The van der Waals surface area contributed by atoms with E-state index in [-0.39, 0.29) is 21.5 Å². The highest BCUT2D eigenvalue weighted by Crippen LogP contribution is 2.24. The summed E-state index contributed by atoms with van der Waals surface area (Å²) in [6, 6.07) is 4.59. The first-order chi connectivity index (χ1) is 14.6. The lowest BCUT2D eigenvalue weighted by molar-refractivity contribution is -0.117. The number of carbonyl (C=O) groups is 1. The van der Waals surface area contributed by atoms with Crippen molar-refractivity contribution in [2.24, 2.45) is 0 Å². The van der Waals surface area contributed by atoms with Gasteiger partial charge in [0, 0.05) is 25.3 Å². The highest BCUT2D eigenvalue weighted by Gasteiger charge is 2.27. The first kappa shape index (κ1) is 23.7. The molecule has 9 nitrogen and oxygen atoms in total. The monoisotopic (exact) mass is 487 g/mol. The molecule has 1 aromatic carbocycles. The highest BCUT2D eigenvalue weighted by atomic mass is 35.5. The number of benzene rings is 1. The van der Waals surface area contributed by atoms with Gasteiger partial charge in [-0.25, -0.2) is 13.1 Å². The van der Waals surface area contributed by atoms with Gasteiger partial charge in [0.2, 0.25) is 15.9 Å². The van der Waals surface area contributed by atoms with Crippen molar-refractivity contribution in [1.82, 2.24) is 19.0 Å². The third kappa shape index (κ3) is 5.45. The van der Waals surface area contributed by atoms with Crippen molar-refractivity contribution in [2.75, 3.05) is 38.5 Å². The van der Waals surface area contributed by atoms with Gasteiger partial charge in [0.15, 0.2) is 0 Å². The predicted octanol–water partition coefficient (Wildman–Crippen LogP) is 1.82. The Morgan fingerprint density at radius 2 is 1.94 bits per heavy atom. The van der Waals surface area contributed by atoms with Gasteiger partial charge in [0.05, 0.1) is 16.1 Å². The minimum Gasteiger partial charge on any atom is -0.324 e. The fourth-order valence-electron chi connectivity index (χ4n) is 3.31. The molecule has 0 aliphatic carbocycles. The Bertz CT molecular complexity index is 1150. The number of likely N-dealkylation sites (N-methyl/N-ethyl adjacent to an activating group) is 1. The van der Waals surface area contributed by atoms with E-state index in [1.165, 1.54) is 22.6 Å². The Morgan fingerprint density at radius 3 is 2.65 bits per heavy atom. The normalized spacial score (nSPS) is 16.1. The van der Waals surface area contributed by atoms with Crippen LogP contribution >= 0.6 is 23.2 Å². The number of aryl methyl sites for hydroxylation is 1. The Kier molecular flexibility index (Phi) is 7.38. The lowest BCUT2D eigenvalue weighted by Gasteiger charge is -2.21. The fraction of sp³-hybridized carbons (Fsp3) is 0.421. The van der Waals surface area contributed by atoms with Crippen molar-refractivity contribution >= 4 is 44.8 Å². The van der Waals surface area contributed by atoms with Crippen molar-refractivity contribution in [1.29, 1.82) is 0 Å². The summed E-state index contributed by atoms with van der Waals surface area (Å²) in [5.41, 5.74) is 0.246. The van der Waals surface area contributed by atoms with Crippen molar-refractivity contribution in [3.63, 3.8) is 0 Å². The van der Waals surface area contributed by atoms with E-state index in [0.29, 0.717) is 30.9 Å². The molecule has 1 aromatic heterocycles. The molecule has 1 fully saturated rings. The van der Waals surface area contributed by atoms with Crippen LogP contribution in [0.5, 0.6) is 0 Å². The summed E-state index contributed by atoms with van der Waals surface area (Å²) in [6.45, 7) is 3.74. The molecular formula is C19H23Cl2N5O4S. The molecule has 0 bridgehead atoms. The van der Waals surface area contributed by atoms with Gasteiger partial charge in [-0.15, -0.1) is 0 Å². The van der Waals surface area contributed by atoms with Crippen LogP contribution in [-0.2, 0) is 21.4 Å². The third-order valence-corrected chi connectivity index (χ3v) is 7.80. The Balaban J connectivity index is 1.74. The molecule has 1 N–H and O–H groups in total. The first-order valence-corrected chi connectivity index (χ1v) is 11.8. The van der Waals surface area contributed by atoms with Crippen LogP contribution in [0.2, 0.25) is 10.0 Å². The van der Waals surface area contributed by atoms with Gasteiger partial charge in [0.25, 0.3) is 5.56 Å². The Hall–Kier alpha value is -1.98. The third-order valence-electron chi connectivity index (χ3n) is 4.99. The maximum Gasteiger partial charge on any atom is 0.287 e. The molecule has 1 amide bonds. The molecule has 0 atom stereocenters. The number of aromatic nitrogens is 2. The van der Waals surface area contributed by atoms with E-state index < -0.39 is 21.5 Å². The summed E-state index contributed by atoms with van der Waals surface area (Å²) in [5.74, 6) is -0.515. The van der Waals surface area contributed by atoms with E-state index in [0.717, 1.165) is 17.6 Å². The maximum atomic E-state index is 13.1. The zero-order valence-electron chi connectivity index (χ0n) is 17.1. The van der Waals surface area contributed by atoms with Crippen molar-refractivity contribution in [3.05, 3.63) is 50.4 Å². The zero-order valence-corrected chi connectivity index (χ0v) is 19.5. The summed E-state index contributed by atoms with van der Waals surface area (Å²) >= 11 is 11.5. The number of nitrogens with one attached hydrogen (secondary N) is 1. The van der Waals surface area contributed by atoms with Gasteiger partial charge in [-0.1, -0.05) is 23.2 Å². The van der Waals surface area contributed by atoms with Crippen LogP contribution in [0, 0.1) is 6.92 Å². The van der Waals surface area contributed by atoms with Crippen LogP contribution in [-0.4, -0.2) is 66.5 Å². The van der Waals surface area contributed by atoms with Crippen LogP contribution < -0.4 is 10.9 Å². The van der Waals surface area contributed by atoms with E-state index >= 15 is 0 Å². The van der Waals surface area contributed by atoms with Gasteiger partial charge in [0.1, 0.15) is 11.6 Å². The standard InChI is InChI=1S/C19H23Cl2N5O4S/c1-13-10-14(23-17(27)12-26-19(28)18(21)15(20)11-22-26)4-5-16(13)31(29,30)25-7-3-6-24(2)8-9-25/h4-5,10-11H,3,6-9,12H2,1-2H3,(H,23,27). The van der Waals surface area contributed by atoms with Gasteiger partial charge in [-0.3, -0.25) is 9.59 Å². The van der Waals surface area contributed by atoms with Crippen LogP contribution in [0.4, 0.5) is 5.69 Å². The number of nitrogens with zero attached hydrogens (tertiary/aromatic N) is 4. The number of carbonyl (C=O) groups excluding carboxylic acids is 1. The summed E-state index contributed by atoms with van der Waals surface area (Å²) in [5, 5.41) is 6.22. The minimum absolute atomic E-state index is 0.00630. The highest BCUT2D eigenvalue weighted by molar-refractivity contribution is 7.89. The summed E-state index contributed by atoms with van der Waals surface area (Å²) in [7, 11) is -1.66. The number of sulfonamides is 1. The fourth-order valence-corrected chi connectivity index (χ4v) is 5.26. The first-order valence-electron chi connectivity index (χ1n) is 9.60. The molecule has 2 heterocycles.